The van der Waals surface area contributed by atoms with Crippen molar-refractivity contribution in [2.24, 2.45) is 0 Å². The summed E-state index contributed by atoms with van der Waals surface area (Å²) in [5, 5.41) is 9.24. The fourth-order valence-electron chi connectivity index (χ4n) is 1.98. The second-order valence-corrected chi connectivity index (χ2v) is 4.83. The SMILES string of the molecule is CCc1ccc2c(OC(C)(OC(F)F)C(=O)O)ccc(F)c2n1. The molecule has 0 fully saturated rings. The molecule has 0 radical (unpaired) electrons. The highest BCUT2D eigenvalue weighted by atomic mass is 19.3. The van der Waals surface area contributed by atoms with Gasteiger partial charge in [-0.25, -0.2) is 14.2 Å². The van der Waals surface area contributed by atoms with Gasteiger partial charge in [-0.3, -0.25) is 4.74 Å². The van der Waals surface area contributed by atoms with Crippen LogP contribution in [0.25, 0.3) is 10.9 Å². The van der Waals surface area contributed by atoms with Crippen LogP contribution in [0.15, 0.2) is 24.3 Å². The standard InChI is InChI=1S/C15H14F3NO4/c1-3-8-4-5-9-11(7-6-10(16)12(9)19-8)22-15(2,13(20)21)23-14(17)18/h4-7,14H,3H2,1-2H3,(H,20,21). The van der Waals surface area contributed by atoms with Crippen LogP contribution in [-0.4, -0.2) is 28.5 Å². The average molecular weight is 329 g/mol. The second-order valence-electron chi connectivity index (χ2n) is 4.83. The van der Waals surface area contributed by atoms with Crippen LogP contribution < -0.4 is 4.74 Å². The fourth-order valence-corrected chi connectivity index (χ4v) is 1.98. The van der Waals surface area contributed by atoms with Gasteiger partial charge in [0.1, 0.15) is 17.1 Å². The van der Waals surface area contributed by atoms with Gasteiger partial charge in [0.2, 0.25) is 0 Å². The molecule has 5 nitrogen and oxygen atoms in total. The molecule has 1 heterocycles. The Balaban J connectivity index is 2.51. The van der Waals surface area contributed by atoms with Crippen molar-refractivity contribution in [1.29, 1.82) is 0 Å². The average Bonchev–Trinajstić information content (AvgIpc) is 2.49. The molecule has 124 valence electrons. The first-order valence-corrected chi connectivity index (χ1v) is 6.73. The number of ether oxygens (including phenoxy) is 2. The summed E-state index contributed by atoms with van der Waals surface area (Å²) in [5.41, 5.74) is 0.588. The zero-order chi connectivity index (χ0) is 17.2. The lowest BCUT2D eigenvalue weighted by molar-refractivity contribution is -0.270. The van der Waals surface area contributed by atoms with Crippen molar-refractivity contribution in [3.63, 3.8) is 0 Å². The van der Waals surface area contributed by atoms with Crippen LogP contribution >= 0.6 is 0 Å². The molecule has 2 aromatic rings. The third kappa shape index (κ3) is 3.53. The molecule has 0 saturated carbocycles. The Morgan fingerprint density at radius 1 is 1.35 bits per heavy atom. The van der Waals surface area contributed by atoms with Gasteiger partial charge in [0.15, 0.2) is 0 Å². The lowest BCUT2D eigenvalue weighted by Gasteiger charge is -2.26. The first kappa shape index (κ1) is 17.0. The van der Waals surface area contributed by atoms with Crippen LogP contribution in [0.4, 0.5) is 13.2 Å². The monoisotopic (exact) mass is 329 g/mol. The Kier molecular flexibility index (Phi) is 4.74. The number of nitrogens with zero attached hydrogens (tertiary/aromatic N) is 1. The predicted octanol–water partition coefficient (Wildman–Crippen LogP) is 3.36. The zero-order valence-electron chi connectivity index (χ0n) is 12.3. The number of fused-ring (bicyclic) bond motifs is 1. The first-order valence-electron chi connectivity index (χ1n) is 6.73. The quantitative estimate of drug-likeness (QED) is 0.823. The fraction of sp³-hybridized carbons (Fsp3) is 0.333. The third-order valence-corrected chi connectivity index (χ3v) is 3.20. The molecule has 1 N–H and O–H groups in total. The molecular formula is C15H14F3NO4. The molecule has 0 aliphatic heterocycles. The summed E-state index contributed by atoms with van der Waals surface area (Å²) >= 11 is 0. The molecule has 2 rings (SSSR count). The van der Waals surface area contributed by atoms with Crippen molar-refractivity contribution >= 4 is 16.9 Å². The highest BCUT2D eigenvalue weighted by Crippen LogP contribution is 2.31. The van der Waals surface area contributed by atoms with Crippen LogP contribution in [0.3, 0.4) is 0 Å². The number of benzene rings is 1. The highest BCUT2D eigenvalue weighted by Gasteiger charge is 2.40. The number of carboxylic acid groups (broad SMARTS) is 1. The van der Waals surface area contributed by atoms with E-state index in [0.717, 1.165) is 19.1 Å². The zero-order valence-corrected chi connectivity index (χ0v) is 12.3. The molecule has 0 spiro atoms. The molecule has 0 aliphatic rings. The smallest absolute Gasteiger partial charge is 0.377 e. The molecule has 8 heteroatoms. The Bertz CT molecular complexity index is 738. The van der Waals surface area contributed by atoms with Gasteiger partial charge in [-0.1, -0.05) is 6.92 Å². The summed E-state index contributed by atoms with van der Waals surface area (Å²) in [6.45, 7) is -0.679. The number of halogens is 3. The van der Waals surface area contributed by atoms with Crippen molar-refractivity contribution in [1.82, 2.24) is 4.98 Å². The van der Waals surface area contributed by atoms with E-state index in [9.17, 15) is 18.0 Å². The van der Waals surface area contributed by atoms with Gasteiger partial charge in [0, 0.05) is 18.0 Å². The lowest BCUT2D eigenvalue weighted by atomic mass is 10.1. The number of pyridine rings is 1. The van der Waals surface area contributed by atoms with E-state index in [0.29, 0.717) is 12.1 Å². The lowest BCUT2D eigenvalue weighted by Crippen LogP contribution is -2.45. The van der Waals surface area contributed by atoms with Crippen LogP contribution in [0, 0.1) is 5.82 Å². The maximum atomic E-state index is 13.9. The summed E-state index contributed by atoms with van der Waals surface area (Å²) in [7, 11) is 0. The minimum Gasteiger partial charge on any atom is -0.476 e. The summed E-state index contributed by atoms with van der Waals surface area (Å²) in [6.07, 6.45) is 0.571. The number of aryl methyl sites for hydroxylation is 1. The molecule has 0 amide bonds. The Hall–Kier alpha value is -2.35. The van der Waals surface area contributed by atoms with Gasteiger partial charge in [0.25, 0.3) is 0 Å². The Labute approximate surface area is 129 Å². The van der Waals surface area contributed by atoms with E-state index in [1.165, 1.54) is 6.07 Å². The van der Waals surface area contributed by atoms with Crippen LogP contribution in [0.1, 0.15) is 19.5 Å². The van der Waals surface area contributed by atoms with E-state index in [4.69, 9.17) is 9.84 Å². The van der Waals surface area contributed by atoms with Gasteiger partial charge < -0.3 is 9.84 Å². The van der Waals surface area contributed by atoms with Crippen molar-refractivity contribution < 1.29 is 32.5 Å². The van der Waals surface area contributed by atoms with E-state index in [-0.39, 0.29) is 16.7 Å². The number of rotatable bonds is 6. The molecule has 0 aliphatic carbocycles. The molecule has 1 unspecified atom stereocenters. The van der Waals surface area contributed by atoms with Gasteiger partial charge in [-0.2, -0.15) is 8.78 Å². The van der Waals surface area contributed by atoms with E-state index in [1.54, 1.807) is 6.07 Å². The summed E-state index contributed by atoms with van der Waals surface area (Å²) < 4.78 is 47.9. The number of carbonyl (C=O) groups is 1. The highest BCUT2D eigenvalue weighted by molar-refractivity contribution is 5.86. The van der Waals surface area contributed by atoms with Crippen molar-refractivity contribution in [3.8, 4) is 5.75 Å². The van der Waals surface area contributed by atoms with E-state index in [1.807, 2.05) is 6.92 Å². The summed E-state index contributed by atoms with van der Waals surface area (Å²) in [4.78, 5) is 15.3. The predicted molar refractivity (Wildman–Crippen MR) is 74.8 cm³/mol. The van der Waals surface area contributed by atoms with E-state index in [2.05, 4.69) is 9.72 Å². The van der Waals surface area contributed by atoms with Crippen LogP contribution in [-0.2, 0) is 16.0 Å². The third-order valence-electron chi connectivity index (χ3n) is 3.20. The summed E-state index contributed by atoms with van der Waals surface area (Å²) in [6, 6.07) is 5.26. The molecule has 0 bridgehead atoms. The molecule has 0 saturated heterocycles. The number of alkyl halides is 2. The van der Waals surface area contributed by atoms with Gasteiger partial charge in [-0.05, 0) is 30.7 Å². The molecule has 1 aromatic heterocycles. The number of hydrogen-bond donors (Lipinski definition) is 1. The van der Waals surface area contributed by atoms with Gasteiger partial charge in [0.05, 0.1) is 0 Å². The van der Waals surface area contributed by atoms with E-state index < -0.39 is 24.2 Å². The maximum Gasteiger partial charge on any atom is 0.377 e. The maximum absolute atomic E-state index is 13.9. The Morgan fingerprint density at radius 2 is 2.04 bits per heavy atom. The number of carboxylic acids is 1. The number of hydrogen-bond acceptors (Lipinski definition) is 4. The van der Waals surface area contributed by atoms with Crippen molar-refractivity contribution in [2.45, 2.75) is 32.7 Å². The molecule has 1 aromatic carbocycles. The molecular weight excluding hydrogens is 315 g/mol. The minimum absolute atomic E-state index is 0.0355. The first-order chi connectivity index (χ1) is 10.8. The topological polar surface area (TPSA) is 68.7 Å². The van der Waals surface area contributed by atoms with Crippen molar-refractivity contribution in [3.05, 3.63) is 35.8 Å². The largest absolute Gasteiger partial charge is 0.476 e. The normalized spacial score (nSPS) is 14.0. The van der Waals surface area contributed by atoms with Crippen molar-refractivity contribution in [2.75, 3.05) is 0 Å². The second kappa shape index (κ2) is 6.41. The number of aromatic nitrogens is 1. The van der Waals surface area contributed by atoms with Gasteiger partial charge >= 0.3 is 18.4 Å². The van der Waals surface area contributed by atoms with Crippen LogP contribution in [0.2, 0.25) is 0 Å². The number of aliphatic carboxylic acids is 1. The minimum atomic E-state index is -3.35. The Morgan fingerprint density at radius 3 is 2.61 bits per heavy atom. The molecule has 23 heavy (non-hydrogen) atoms. The van der Waals surface area contributed by atoms with Gasteiger partial charge in [-0.15, -0.1) is 0 Å². The summed E-state index contributed by atoms with van der Waals surface area (Å²) in [5.74, 6) is -5.12. The van der Waals surface area contributed by atoms with E-state index >= 15 is 0 Å². The molecule has 1 atom stereocenters. The van der Waals surface area contributed by atoms with Crippen LogP contribution in [0.5, 0.6) is 5.75 Å².